The number of carbonyl (C=O) groups is 5. The van der Waals surface area contributed by atoms with Crippen molar-refractivity contribution in [2.75, 3.05) is 9.80 Å². The van der Waals surface area contributed by atoms with Crippen molar-refractivity contribution in [3.63, 3.8) is 0 Å². The number of esters is 1. The molecule has 2 heterocycles. The minimum Gasteiger partial charge on any atom is -0.423 e. The van der Waals surface area contributed by atoms with Crippen molar-refractivity contribution < 1.29 is 28.7 Å². The number of allylic oxidation sites excluding steroid dienone is 1. The standard InChI is InChI=1S/C35H30N2O6/c1-18-10-8-12-21(16-18)36-30(38)25-24-20(3)27(34(42)43-23-14-6-5-7-15-23)35(4,28(25)32(36)40)29-26(24)31(39)37(33(29)41)22-13-9-11-19(2)17-22/h5-17,24-26,28-29H,1-4H3/t24?,25-,26+,28-,29-,35?/m0/s1. The number of carbonyl (C=O) groups excluding carboxylic acids is 5. The van der Waals surface area contributed by atoms with Gasteiger partial charge in [-0.2, -0.15) is 0 Å². The third-order valence-corrected chi connectivity index (χ3v) is 9.88. The van der Waals surface area contributed by atoms with E-state index in [1.54, 1.807) is 80.6 Å². The van der Waals surface area contributed by atoms with Gasteiger partial charge in [0.1, 0.15) is 5.75 Å². The van der Waals surface area contributed by atoms with Crippen LogP contribution < -0.4 is 14.5 Å². The third-order valence-electron chi connectivity index (χ3n) is 9.88. The van der Waals surface area contributed by atoms with Crippen molar-refractivity contribution in [1.29, 1.82) is 0 Å². The molecular formula is C35H30N2O6. The second-order valence-electron chi connectivity index (χ2n) is 12.3. The van der Waals surface area contributed by atoms with Crippen molar-refractivity contribution in [2.24, 2.45) is 35.0 Å². The number of amides is 4. The van der Waals surface area contributed by atoms with Crippen LogP contribution in [-0.2, 0) is 24.0 Å². The van der Waals surface area contributed by atoms with Crippen LogP contribution in [-0.4, -0.2) is 29.6 Å². The van der Waals surface area contributed by atoms with Gasteiger partial charge >= 0.3 is 5.97 Å². The molecule has 6 atom stereocenters. The average Bonchev–Trinajstić information content (AvgIpc) is 3.39. The Morgan fingerprint density at radius 2 is 1.14 bits per heavy atom. The summed E-state index contributed by atoms with van der Waals surface area (Å²) in [4.78, 5) is 73.6. The Morgan fingerprint density at radius 1 is 0.651 bits per heavy atom. The number of nitrogens with zero attached hydrogens (tertiary/aromatic N) is 2. The SMILES string of the molecule is CC1=C(C(=O)Oc2ccccc2)C2(C)[C@@H]3C(=O)N(c4cccc(C)c4)C(=O)[C@@H]3C1[C@@H]1C(=O)N(c3cccc(C)c3)C(=O)[C@H]12. The van der Waals surface area contributed by atoms with E-state index in [1.165, 1.54) is 9.80 Å². The fourth-order valence-corrected chi connectivity index (χ4v) is 8.30. The fraction of sp³-hybridized carbons (Fsp3) is 0.286. The minimum absolute atomic E-state index is 0.198. The maximum Gasteiger partial charge on any atom is 0.339 e. The van der Waals surface area contributed by atoms with Crippen LogP contribution in [0.5, 0.6) is 5.75 Å². The molecule has 3 aliphatic carbocycles. The van der Waals surface area contributed by atoms with Gasteiger partial charge in [-0.05, 0) is 68.3 Å². The van der Waals surface area contributed by atoms with Gasteiger partial charge in [-0.1, -0.05) is 55.0 Å². The number of imide groups is 2. The number of ether oxygens (including phenoxy) is 1. The molecule has 8 rings (SSSR count). The molecule has 43 heavy (non-hydrogen) atoms. The Hall–Kier alpha value is -4.85. The zero-order chi connectivity index (χ0) is 30.4. The van der Waals surface area contributed by atoms with Gasteiger partial charge in [0.2, 0.25) is 23.6 Å². The van der Waals surface area contributed by atoms with Gasteiger partial charge < -0.3 is 4.74 Å². The predicted molar refractivity (Wildman–Crippen MR) is 158 cm³/mol. The first-order valence-electron chi connectivity index (χ1n) is 14.4. The van der Waals surface area contributed by atoms with E-state index in [0.29, 0.717) is 22.7 Å². The van der Waals surface area contributed by atoms with Crippen LogP contribution in [0.15, 0.2) is 90.0 Å². The quantitative estimate of drug-likeness (QED) is 0.252. The van der Waals surface area contributed by atoms with Crippen LogP contribution in [0.2, 0.25) is 0 Å². The maximum atomic E-state index is 14.4. The molecule has 0 spiro atoms. The van der Waals surface area contributed by atoms with E-state index in [9.17, 15) is 24.0 Å². The Morgan fingerprint density at radius 3 is 1.60 bits per heavy atom. The van der Waals surface area contributed by atoms with Gasteiger partial charge in [0.05, 0.1) is 35.0 Å². The van der Waals surface area contributed by atoms with E-state index in [-0.39, 0.29) is 5.57 Å². The zero-order valence-corrected chi connectivity index (χ0v) is 24.2. The summed E-state index contributed by atoms with van der Waals surface area (Å²) in [5.41, 5.74) is 1.86. The van der Waals surface area contributed by atoms with Gasteiger partial charge in [0, 0.05) is 16.9 Å². The highest BCUT2D eigenvalue weighted by atomic mass is 16.5. The molecule has 3 fully saturated rings. The van der Waals surface area contributed by atoms with Crippen molar-refractivity contribution in [3.8, 4) is 5.75 Å². The molecule has 2 unspecified atom stereocenters. The lowest BCUT2D eigenvalue weighted by atomic mass is 9.43. The molecule has 3 aromatic carbocycles. The van der Waals surface area contributed by atoms with E-state index in [2.05, 4.69) is 0 Å². The molecule has 3 aromatic rings. The van der Waals surface area contributed by atoms with Gasteiger partial charge in [0.25, 0.3) is 0 Å². The molecule has 5 aliphatic rings. The van der Waals surface area contributed by atoms with Crippen molar-refractivity contribution in [2.45, 2.75) is 27.7 Å². The fourth-order valence-electron chi connectivity index (χ4n) is 8.30. The summed E-state index contributed by atoms with van der Waals surface area (Å²) in [5.74, 6) is -6.83. The number of anilines is 2. The second kappa shape index (κ2) is 9.33. The number of rotatable bonds is 4. The normalized spacial score (nSPS) is 29.3. The predicted octanol–water partition coefficient (Wildman–Crippen LogP) is 4.79. The maximum absolute atomic E-state index is 14.4. The Bertz CT molecular complexity index is 1700. The van der Waals surface area contributed by atoms with Crippen molar-refractivity contribution in [1.82, 2.24) is 0 Å². The zero-order valence-electron chi connectivity index (χ0n) is 24.2. The summed E-state index contributed by atoms with van der Waals surface area (Å²) in [7, 11) is 0. The van der Waals surface area contributed by atoms with Gasteiger partial charge in [0.15, 0.2) is 0 Å². The Labute approximate surface area is 248 Å². The second-order valence-corrected chi connectivity index (χ2v) is 12.3. The molecule has 216 valence electrons. The first kappa shape index (κ1) is 27.0. The topological polar surface area (TPSA) is 101 Å². The van der Waals surface area contributed by atoms with Crippen LogP contribution in [0, 0.1) is 48.9 Å². The van der Waals surface area contributed by atoms with E-state index in [1.807, 2.05) is 26.0 Å². The van der Waals surface area contributed by atoms with Crippen molar-refractivity contribution >= 4 is 41.0 Å². The highest BCUT2D eigenvalue weighted by molar-refractivity contribution is 6.27. The van der Waals surface area contributed by atoms with Crippen LogP contribution in [0.4, 0.5) is 11.4 Å². The van der Waals surface area contributed by atoms with E-state index in [4.69, 9.17) is 4.74 Å². The first-order chi connectivity index (χ1) is 20.6. The molecule has 0 aromatic heterocycles. The summed E-state index contributed by atoms with van der Waals surface area (Å²) < 4.78 is 5.80. The van der Waals surface area contributed by atoms with E-state index >= 15 is 0 Å². The largest absolute Gasteiger partial charge is 0.423 e. The first-order valence-corrected chi connectivity index (χ1v) is 14.4. The van der Waals surface area contributed by atoms with Gasteiger partial charge in [-0.15, -0.1) is 0 Å². The lowest BCUT2D eigenvalue weighted by Crippen LogP contribution is -2.61. The molecule has 8 nitrogen and oxygen atoms in total. The van der Waals surface area contributed by atoms with E-state index < -0.39 is 64.6 Å². The van der Waals surface area contributed by atoms with Gasteiger partial charge in [-0.25, -0.2) is 14.6 Å². The Balaban J connectivity index is 1.41. The average molecular weight is 575 g/mol. The molecular weight excluding hydrogens is 544 g/mol. The summed E-state index contributed by atoms with van der Waals surface area (Å²) in [5, 5.41) is 0. The molecule has 1 saturated carbocycles. The number of para-hydroxylation sites is 1. The van der Waals surface area contributed by atoms with Crippen LogP contribution >= 0.6 is 0 Å². The van der Waals surface area contributed by atoms with E-state index in [0.717, 1.165) is 11.1 Å². The molecule has 0 radical (unpaired) electrons. The monoisotopic (exact) mass is 574 g/mol. The van der Waals surface area contributed by atoms with Gasteiger partial charge in [-0.3, -0.25) is 19.2 Å². The molecule has 4 amide bonds. The molecule has 2 bridgehead atoms. The third kappa shape index (κ3) is 3.59. The molecule has 8 heteroatoms. The highest BCUT2D eigenvalue weighted by Gasteiger charge is 2.77. The number of aryl methyl sites for hydroxylation is 2. The van der Waals surface area contributed by atoms with Crippen LogP contribution in [0.1, 0.15) is 25.0 Å². The summed E-state index contributed by atoms with van der Waals surface area (Å²) in [6.07, 6.45) is 0. The van der Waals surface area contributed by atoms with Crippen LogP contribution in [0.3, 0.4) is 0 Å². The number of benzene rings is 3. The van der Waals surface area contributed by atoms with Crippen molar-refractivity contribution in [3.05, 3.63) is 101 Å². The Kier molecular flexibility index (Phi) is 5.86. The lowest BCUT2D eigenvalue weighted by Gasteiger charge is -2.55. The number of hydrogen-bond donors (Lipinski definition) is 0. The summed E-state index contributed by atoms with van der Waals surface area (Å²) in [6, 6.07) is 22.8. The highest BCUT2D eigenvalue weighted by Crippen LogP contribution is 2.68. The van der Waals surface area contributed by atoms with Crippen LogP contribution in [0.25, 0.3) is 0 Å². The lowest BCUT2D eigenvalue weighted by molar-refractivity contribution is -0.152. The number of hydrogen-bond acceptors (Lipinski definition) is 6. The molecule has 2 saturated heterocycles. The summed E-state index contributed by atoms with van der Waals surface area (Å²) in [6.45, 7) is 7.17. The minimum atomic E-state index is -1.48. The smallest absolute Gasteiger partial charge is 0.339 e. The molecule has 0 N–H and O–H groups in total. The molecule has 2 aliphatic heterocycles. The summed E-state index contributed by atoms with van der Waals surface area (Å²) >= 11 is 0.